The molecule has 0 amide bonds. The number of hydrogen-bond acceptors (Lipinski definition) is 2. The lowest BCUT2D eigenvalue weighted by Crippen LogP contribution is -2.24. The van der Waals surface area contributed by atoms with E-state index in [1.54, 1.807) is 0 Å². The van der Waals surface area contributed by atoms with Crippen molar-refractivity contribution in [2.75, 3.05) is 6.54 Å². The molecule has 0 bridgehead atoms. The molecule has 110 valence electrons. The van der Waals surface area contributed by atoms with Crippen LogP contribution in [0.4, 0.5) is 0 Å². The molecule has 0 aliphatic heterocycles. The van der Waals surface area contributed by atoms with Gasteiger partial charge in [0.2, 0.25) is 0 Å². The molecule has 0 spiro atoms. The number of aryl methyl sites for hydroxylation is 2. The van der Waals surface area contributed by atoms with E-state index in [-0.39, 0.29) is 23.6 Å². The van der Waals surface area contributed by atoms with Gasteiger partial charge in [-0.25, -0.2) is 0 Å². The Morgan fingerprint density at radius 3 is 2.25 bits per heavy atom. The second-order valence-corrected chi connectivity index (χ2v) is 5.57. The maximum absolute atomic E-state index is 12.4. The van der Waals surface area contributed by atoms with Crippen LogP contribution >= 0.6 is 0 Å². The first kappa shape index (κ1) is 16.2. The summed E-state index contributed by atoms with van der Waals surface area (Å²) in [6, 6.07) is 6.12. The molecule has 0 saturated heterocycles. The van der Waals surface area contributed by atoms with Crippen molar-refractivity contribution >= 4 is 11.7 Å². The molecule has 1 aromatic carbocycles. The average molecular weight is 275 g/mol. The maximum Gasteiger partial charge on any atom is 0.185 e. The first-order chi connectivity index (χ1) is 9.32. The van der Waals surface area contributed by atoms with E-state index < -0.39 is 0 Å². The number of guanidine groups is 1. The highest BCUT2D eigenvalue weighted by atomic mass is 16.1. The minimum Gasteiger partial charge on any atom is -0.370 e. The third-order valence-corrected chi connectivity index (χ3v) is 3.59. The molecular formula is C16H25N3O. The van der Waals surface area contributed by atoms with Crippen LogP contribution in [0.5, 0.6) is 0 Å². The summed E-state index contributed by atoms with van der Waals surface area (Å²) in [5.41, 5.74) is 14.1. The zero-order valence-electron chi connectivity index (χ0n) is 12.8. The molecule has 2 unspecified atom stereocenters. The van der Waals surface area contributed by atoms with Crippen molar-refractivity contribution in [3.63, 3.8) is 0 Å². The first-order valence-electron chi connectivity index (χ1n) is 6.97. The molecule has 4 N–H and O–H groups in total. The number of rotatable bonds is 6. The normalized spacial score (nSPS) is 13.6. The van der Waals surface area contributed by atoms with Gasteiger partial charge in [0.05, 0.1) is 0 Å². The molecule has 0 saturated carbocycles. The third kappa shape index (κ3) is 4.37. The van der Waals surface area contributed by atoms with Gasteiger partial charge in [-0.1, -0.05) is 32.0 Å². The van der Waals surface area contributed by atoms with Crippen molar-refractivity contribution in [1.82, 2.24) is 0 Å². The Morgan fingerprint density at radius 2 is 1.75 bits per heavy atom. The predicted octanol–water partition coefficient (Wildman–Crippen LogP) is 2.28. The zero-order chi connectivity index (χ0) is 15.3. The van der Waals surface area contributed by atoms with Crippen molar-refractivity contribution in [1.29, 1.82) is 0 Å². The van der Waals surface area contributed by atoms with E-state index in [0.29, 0.717) is 13.0 Å². The van der Waals surface area contributed by atoms with Crippen LogP contribution < -0.4 is 11.5 Å². The minimum absolute atomic E-state index is 0.0760. The lowest BCUT2D eigenvalue weighted by molar-refractivity contribution is -0.120. The molecule has 0 aliphatic carbocycles. The fourth-order valence-corrected chi connectivity index (χ4v) is 2.52. The van der Waals surface area contributed by atoms with Crippen LogP contribution in [0.1, 0.15) is 42.9 Å². The van der Waals surface area contributed by atoms with Gasteiger partial charge in [-0.2, -0.15) is 0 Å². The van der Waals surface area contributed by atoms with Gasteiger partial charge < -0.3 is 11.5 Å². The molecule has 0 aliphatic rings. The molecule has 0 aromatic heterocycles. The second kappa shape index (κ2) is 7.08. The number of carbonyl (C=O) groups excluding carboxylic acids is 1. The number of benzene rings is 1. The first-order valence-corrected chi connectivity index (χ1v) is 6.97. The summed E-state index contributed by atoms with van der Waals surface area (Å²) in [5.74, 6) is 0.377. The molecule has 20 heavy (non-hydrogen) atoms. The van der Waals surface area contributed by atoms with E-state index >= 15 is 0 Å². The number of ketones is 1. The van der Waals surface area contributed by atoms with Crippen LogP contribution in [-0.2, 0) is 4.79 Å². The summed E-state index contributed by atoms with van der Waals surface area (Å²) >= 11 is 0. The number of nitrogens with zero attached hydrogens (tertiary/aromatic N) is 1. The van der Waals surface area contributed by atoms with Gasteiger partial charge in [-0.15, -0.1) is 0 Å². The molecule has 0 heterocycles. The highest BCUT2D eigenvalue weighted by molar-refractivity contribution is 5.86. The summed E-state index contributed by atoms with van der Waals surface area (Å²) in [5, 5.41) is 0. The Morgan fingerprint density at radius 1 is 1.20 bits per heavy atom. The number of aliphatic imine (C=N–C) groups is 1. The van der Waals surface area contributed by atoms with Crippen molar-refractivity contribution in [3.8, 4) is 0 Å². The van der Waals surface area contributed by atoms with Crippen LogP contribution in [0.25, 0.3) is 0 Å². The van der Waals surface area contributed by atoms with Crippen LogP contribution in [0.15, 0.2) is 23.2 Å². The van der Waals surface area contributed by atoms with Crippen molar-refractivity contribution in [3.05, 3.63) is 34.9 Å². The van der Waals surface area contributed by atoms with Gasteiger partial charge in [-0.3, -0.25) is 9.79 Å². The Bertz CT molecular complexity index is 484. The van der Waals surface area contributed by atoms with Gasteiger partial charge in [0.15, 0.2) is 5.96 Å². The van der Waals surface area contributed by atoms with E-state index in [1.807, 2.05) is 19.9 Å². The van der Waals surface area contributed by atoms with E-state index in [4.69, 9.17) is 11.5 Å². The molecule has 1 aromatic rings. The monoisotopic (exact) mass is 275 g/mol. The number of carbonyl (C=O) groups is 1. The minimum atomic E-state index is -0.0853. The SMILES string of the molecule is Cc1cccc(C)c1C(C)C(=O)CC(C)CN=C(N)N. The van der Waals surface area contributed by atoms with E-state index in [1.165, 1.54) is 11.1 Å². The fourth-order valence-electron chi connectivity index (χ4n) is 2.52. The fraction of sp³-hybridized carbons (Fsp3) is 0.500. The third-order valence-electron chi connectivity index (χ3n) is 3.59. The highest BCUT2D eigenvalue weighted by Crippen LogP contribution is 2.26. The summed E-state index contributed by atoms with van der Waals surface area (Å²) in [6.07, 6.45) is 0.492. The van der Waals surface area contributed by atoms with Crippen LogP contribution in [0, 0.1) is 19.8 Å². The molecule has 0 radical (unpaired) electrons. The van der Waals surface area contributed by atoms with Gasteiger partial charge in [0.25, 0.3) is 0 Å². The van der Waals surface area contributed by atoms with Crippen molar-refractivity contribution in [2.45, 2.75) is 40.0 Å². The molecule has 4 nitrogen and oxygen atoms in total. The van der Waals surface area contributed by atoms with Crippen LogP contribution in [-0.4, -0.2) is 18.3 Å². The zero-order valence-corrected chi connectivity index (χ0v) is 12.8. The van der Waals surface area contributed by atoms with E-state index in [9.17, 15) is 4.79 Å². The Hall–Kier alpha value is -1.84. The van der Waals surface area contributed by atoms with Crippen molar-refractivity contribution in [2.24, 2.45) is 22.4 Å². The number of nitrogens with two attached hydrogens (primary N) is 2. The Kier molecular flexibility index (Phi) is 5.74. The number of hydrogen-bond donors (Lipinski definition) is 2. The molecular weight excluding hydrogens is 250 g/mol. The van der Waals surface area contributed by atoms with Crippen LogP contribution in [0.3, 0.4) is 0 Å². The smallest absolute Gasteiger partial charge is 0.185 e. The van der Waals surface area contributed by atoms with E-state index in [0.717, 1.165) is 5.56 Å². The molecule has 1 rings (SSSR count). The lowest BCUT2D eigenvalue weighted by atomic mass is 9.86. The summed E-state index contributed by atoms with van der Waals surface area (Å²) < 4.78 is 0. The predicted molar refractivity (Wildman–Crippen MR) is 83.8 cm³/mol. The molecule has 2 atom stereocenters. The van der Waals surface area contributed by atoms with Crippen LogP contribution in [0.2, 0.25) is 0 Å². The molecule has 0 fully saturated rings. The molecule has 4 heteroatoms. The summed E-state index contributed by atoms with van der Waals surface area (Å²) in [7, 11) is 0. The average Bonchev–Trinajstić information content (AvgIpc) is 2.35. The Balaban J connectivity index is 2.75. The Labute approximate surface area is 121 Å². The second-order valence-electron chi connectivity index (χ2n) is 5.57. The van der Waals surface area contributed by atoms with Gasteiger partial charge >= 0.3 is 0 Å². The highest BCUT2D eigenvalue weighted by Gasteiger charge is 2.20. The summed E-state index contributed by atoms with van der Waals surface area (Å²) in [4.78, 5) is 16.4. The summed E-state index contributed by atoms with van der Waals surface area (Å²) in [6.45, 7) is 8.56. The maximum atomic E-state index is 12.4. The van der Waals surface area contributed by atoms with Gasteiger partial charge in [0, 0.05) is 18.9 Å². The topological polar surface area (TPSA) is 81.5 Å². The standard InChI is InChI=1S/C16H25N3O/c1-10(9-19-16(17)18)8-14(20)13(4)15-11(2)6-5-7-12(15)3/h5-7,10,13H,8-9H2,1-4H3,(H4,17,18,19). The quantitative estimate of drug-likeness (QED) is 0.617. The largest absolute Gasteiger partial charge is 0.370 e. The van der Waals surface area contributed by atoms with E-state index in [2.05, 4.69) is 31.0 Å². The van der Waals surface area contributed by atoms with Crippen molar-refractivity contribution < 1.29 is 4.79 Å². The number of Topliss-reactive ketones (excluding diaryl/α,β-unsaturated/α-hetero) is 1. The van der Waals surface area contributed by atoms with Gasteiger partial charge in [0.1, 0.15) is 5.78 Å². The lowest BCUT2D eigenvalue weighted by Gasteiger charge is -2.18. The van der Waals surface area contributed by atoms with Gasteiger partial charge in [-0.05, 0) is 36.5 Å².